The van der Waals surface area contributed by atoms with Crippen molar-refractivity contribution in [1.82, 2.24) is 15.1 Å². The van der Waals surface area contributed by atoms with Crippen molar-refractivity contribution < 1.29 is 24.2 Å². The van der Waals surface area contributed by atoms with Gasteiger partial charge in [0, 0.05) is 25.7 Å². The van der Waals surface area contributed by atoms with Crippen LogP contribution in [0.2, 0.25) is 0 Å². The Morgan fingerprint density at radius 2 is 1.71 bits per heavy atom. The molecule has 2 aliphatic rings. The highest BCUT2D eigenvalue weighted by Crippen LogP contribution is 2.45. The van der Waals surface area contributed by atoms with Crippen LogP contribution in [-0.4, -0.2) is 46.0 Å². The third-order valence-electron chi connectivity index (χ3n) is 6.99. The van der Waals surface area contributed by atoms with E-state index in [4.69, 9.17) is 4.74 Å². The summed E-state index contributed by atoms with van der Waals surface area (Å²) in [6.45, 7) is 0.300. The van der Waals surface area contributed by atoms with Gasteiger partial charge in [-0.15, -0.1) is 0 Å². The van der Waals surface area contributed by atoms with Crippen LogP contribution < -0.4 is 10.6 Å². The van der Waals surface area contributed by atoms with Crippen LogP contribution in [-0.2, 0) is 16.6 Å². The number of rotatable bonds is 7. The van der Waals surface area contributed by atoms with Crippen LogP contribution in [0.25, 0.3) is 11.1 Å². The Hall–Kier alpha value is -4.14. The Balaban J connectivity index is 1.21. The van der Waals surface area contributed by atoms with Gasteiger partial charge in [0.2, 0.25) is 5.91 Å². The first-order chi connectivity index (χ1) is 16.9. The summed E-state index contributed by atoms with van der Waals surface area (Å²) in [7, 11) is 1.58. The fraction of sp³-hybridized carbons (Fsp3) is 0.308. The number of hydrogen-bond donors (Lipinski definition) is 3. The Bertz CT molecular complexity index is 1270. The zero-order valence-electron chi connectivity index (χ0n) is 19.3. The van der Waals surface area contributed by atoms with Crippen LogP contribution in [0.15, 0.2) is 54.7 Å². The topological polar surface area (TPSA) is 123 Å². The number of aryl methyl sites for hydroxylation is 1. The van der Waals surface area contributed by atoms with Crippen LogP contribution in [0.1, 0.15) is 46.8 Å². The van der Waals surface area contributed by atoms with Gasteiger partial charge in [0.25, 0.3) is 0 Å². The van der Waals surface area contributed by atoms with Gasteiger partial charge >= 0.3 is 12.1 Å². The van der Waals surface area contributed by atoms with Crippen molar-refractivity contribution in [2.75, 3.05) is 18.5 Å². The number of anilines is 1. The largest absolute Gasteiger partial charge is 0.476 e. The summed E-state index contributed by atoms with van der Waals surface area (Å²) >= 11 is 0. The quantitative estimate of drug-likeness (QED) is 0.479. The Labute approximate surface area is 202 Å². The summed E-state index contributed by atoms with van der Waals surface area (Å²) in [5, 5.41) is 18.6. The molecule has 0 radical (unpaired) electrons. The van der Waals surface area contributed by atoms with Gasteiger partial charge in [-0.05, 0) is 35.1 Å². The number of carboxylic acids is 1. The molecule has 0 aliphatic heterocycles. The average Bonchev–Trinajstić information content (AvgIpc) is 3.34. The molecule has 0 saturated heterocycles. The first kappa shape index (κ1) is 22.6. The fourth-order valence-corrected chi connectivity index (χ4v) is 4.97. The van der Waals surface area contributed by atoms with Crippen molar-refractivity contribution in [2.24, 2.45) is 12.5 Å². The molecule has 3 aromatic rings. The zero-order valence-corrected chi connectivity index (χ0v) is 19.3. The molecule has 0 atom stereocenters. The maximum Gasteiger partial charge on any atom is 0.407 e. The van der Waals surface area contributed by atoms with Gasteiger partial charge in [-0.25, -0.2) is 9.59 Å². The van der Waals surface area contributed by atoms with Crippen molar-refractivity contribution in [1.29, 1.82) is 0 Å². The number of nitrogens with zero attached hydrogens (tertiary/aromatic N) is 2. The minimum Gasteiger partial charge on any atom is -0.476 e. The van der Waals surface area contributed by atoms with E-state index in [9.17, 15) is 19.5 Å². The number of alkyl carbamates (subject to hydrolysis) is 1. The van der Waals surface area contributed by atoms with Gasteiger partial charge in [0.05, 0.1) is 11.1 Å². The lowest BCUT2D eigenvalue weighted by atomic mass is 9.68. The third-order valence-corrected chi connectivity index (χ3v) is 6.99. The molecule has 0 bridgehead atoms. The number of benzene rings is 2. The Morgan fingerprint density at radius 1 is 1.09 bits per heavy atom. The molecule has 3 N–H and O–H groups in total. The molecule has 2 aliphatic carbocycles. The highest BCUT2D eigenvalue weighted by Gasteiger charge is 2.45. The second-order valence-corrected chi connectivity index (χ2v) is 9.14. The lowest BCUT2D eigenvalue weighted by Crippen LogP contribution is -2.50. The van der Waals surface area contributed by atoms with E-state index < -0.39 is 17.5 Å². The standard InChI is InChI=1S/C26H26N4O5/c1-30-13-21(22(29-30)23(31)32)28-24(33)26(11-6-12-26)15-27-25(34)35-14-20-18-9-4-2-7-16(18)17-8-3-5-10-19(17)20/h2-5,7-10,13,20H,6,11-12,14-15H2,1H3,(H,27,34)(H,28,33)(H,31,32). The van der Waals surface area contributed by atoms with Gasteiger partial charge in [-0.2, -0.15) is 5.10 Å². The second-order valence-electron chi connectivity index (χ2n) is 9.14. The second kappa shape index (κ2) is 8.90. The molecular formula is C26H26N4O5. The number of fused-ring (bicyclic) bond motifs is 3. The maximum absolute atomic E-state index is 13.0. The molecule has 35 heavy (non-hydrogen) atoms. The van der Waals surface area contributed by atoms with Crippen LogP contribution >= 0.6 is 0 Å². The van der Waals surface area contributed by atoms with Crippen LogP contribution in [0, 0.1) is 5.41 Å². The summed E-state index contributed by atoms with van der Waals surface area (Å²) in [6.07, 6.45) is 2.89. The van der Waals surface area contributed by atoms with E-state index in [1.807, 2.05) is 24.3 Å². The number of ether oxygens (including phenoxy) is 1. The monoisotopic (exact) mass is 474 g/mol. The Kier molecular flexibility index (Phi) is 5.76. The predicted molar refractivity (Wildman–Crippen MR) is 128 cm³/mol. The highest BCUT2D eigenvalue weighted by atomic mass is 16.5. The number of aromatic nitrogens is 2. The lowest BCUT2D eigenvalue weighted by molar-refractivity contribution is -0.129. The van der Waals surface area contributed by atoms with Gasteiger partial charge in [0.15, 0.2) is 5.69 Å². The molecule has 2 amide bonds. The summed E-state index contributed by atoms with van der Waals surface area (Å²) in [5.41, 5.74) is 3.66. The zero-order chi connectivity index (χ0) is 24.6. The molecule has 0 unspecified atom stereocenters. The number of aromatic carboxylic acids is 1. The minimum atomic E-state index is -1.22. The van der Waals surface area contributed by atoms with E-state index in [2.05, 4.69) is 40.0 Å². The van der Waals surface area contributed by atoms with E-state index in [0.717, 1.165) is 28.7 Å². The molecule has 1 aromatic heterocycles. The SMILES string of the molecule is Cn1cc(NC(=O)C2(CNC(=O)OCC3c4ccccc4-c4ccccc43)CCC2)c(C(=O)O)n1. The summed E-state index contributed by atoms with van der Waals surface area (Å²) < 4.78 is 6.92. The normalized spacial score (nSPS) is 15.5. The summed E-state index contributed by atoms with van der Waals surface area (Å²) in [4.78, 5) is 37.0. The molecule has 9 nitrogen and oxygen atoms in total. The van der Waals surface area contributed by atoms with Gasteiger partial charge in [-0.1, -0.05) is 55.0 Å². The first-order valence-electron chi connectivity index (χ1n) is 11.6. The van der Waals surface area contributed by atoms with Crippen LogP contribution in [0.5, 0.6) is 0 Å². The third kappa shape index (κ3) is 4.14. The molecule has 1 heterocycles. The van der Waals surface area contributed by atoms with Gasteiger partial charge in [-0.3, -0.25) is 9.48 Å². The number of carboxylic acid groups (broad SMARTS) is 1. The lowest BCUT2D eigenvalue weighted by Gasteiger charge is -2.40. The molecule has 2 aromatic carbocycles. The van der Waals surface area contributed by atoms with E-state index in [1.54, 1.807) is 7.05 Å². The van der Waals surface area contributed by atoms with E-state index in [0.29, 0.717) is 12.8 Å². The molecule has 0 spiro atoms. The van der Waals surface area contributed by atoms with Gasteiger partial charge in [0.1, 0.15) is 6.61 Å². The van der Waals surface area contributed by atoms with Crippen molar-refractivity contribution in [3.8, 4) is 11.1 Å². The summed E-state index contributed by atoms with van der Waals surface area (Å²) in [6, 6.07) is 16.2. The molecule has 180 valence electrons. The highest BCUT2D eigenvalue weighted by molar-refractivity contribution is 6.01. The number of carbonyl (C=O) groups is 3. The maximum atomic E-state index is 13.0. The Morgan fingerprint density at radius 3 is 2.29 bits per heavy atom. The number of amides is 2. The van der Waals surface area contributed by atoms with Crippen LogP contribution in [0.4, 0.5) is 10.5 Å². The molecule has 9 heteroatoms. The van der Waals surface area contributed by atoms with E-state index in [-0.39, 0.29) is 36.4 Å². The van der Waals surface area contributed by atoms with E-state index in [1.165, 1.54) is 10.9 Å². The van der Waals surface area contributed by atoms with Crippen molar-refractivity contribution in [2.45, 2.75) is 25.2 Å². The van der Waals surface area contributed by atoms with Crippen molar-refractivity contribution in [3.05, 3.63) is 71.5 Å². The van der Waals surface area contributed by atoms with Crippen molar-refractivity contribution in [3.63, 3.8) is 0 Å². The average molecular weight is 475 g/mol. The number of hydrogen-bond acceptors (Lipinski definition) is 5. The number of nitrogens with one attached hydrogen (secondary N) is 2. The molecule has 5 rings (SSSR count). The van der Waals surface area contributed by atoms with Crippen molar-refractivity contribution >= 4 is 23.7 Å². The van der Waals surface area contributed by atoms with Gasteiger partial charge < -0.3 is 20.5 Å². The molecule has 1 fully saturated rings. The number of carbonyl (C=O) groups excluding carboxylic acids is 2. The van der Waals surface area contributed by atoms with Crippen LogP contribution in [0.3, 0.4) is 0 Å². The first-order valence-corrected chi connectivity index (χ1v) is 11.6. The molecular weight excluding hydrogens is 448 g/mol. The summed E-state index contributed by atoms with van der Waals surface area (Å²) in [5.74, 6) is -1.60. The predicted octanol–water partition coefficient (Wildman–Crippen LogP) is 3.77. The molecule has 1 saturated carbocycles. The fourth-order valence-electron chi connectivity index (χ4n) is 4.97. The smallest absolute Gasteiger partial charge is 0.407 e. The van der Waals surface area contributed by atoms with E-state index >= 15 is 0 Å². The minimum absolute atomic E-state index is 0.0471.